The van der Waals surface area contributed by atoms with Crippen molar-refractivity contribution in [1.29, 1.82) is 0 Å². The molecule has 0 aliphatic carbocycles. The number of nitrogen functional groups attached to an aromatic ring is 1. The molecule has 4 nitrogen and oxygen atoms in total. The molecule has 0 spiro atoms. The molecule has 88 valence electrons. The van der Waals surface area contributed by atoms with E-state index in [9.17, 15) is 0 Å². The van der Waals surface area contributed by atoms with Crippen molar-refractivity contribution in [2.45, 2.75) is 5.03 Å². The second-order valence-corrected chi connectivity index (χ2v) is 4.85. The van der Waals surface area contributed by atoms with Gasteiger partial charge in [-0.15, -0.1) is 11.8 Å². The Kier molecular flexibility index (Phi) is 4.44. The maximum absolute atomic E-state index is 5.58. The fourth-order valence-electron chi connectivity index (χ4n) is 1.58. The van der Waals surface area contributed by atoms with Gasteiger partial charge in [-0.1, -0.05) is 0 Å². The van der Waals surface area contributed by atoms with Gasteiger partial charge in [-0.25, -0.2) is 4.98 Å². The van der Waals surface area contributed by atoms with Gasteiger partial charge in [0, 0.05) is 25.4 Å². The van der Waals surface area contributed by atoms with E-state index in [1.165, 1.54) is 0 Å². The highest BCUT2D eigenvalue weighted by atomic mass is 32.2. The molecule has 0 atom stereocenters. The van der Waals surface area contributed by atoms with Gasteiger partial charge in [0.05, 0.1) is 30.1 Å². The van der Waals surface area contributed by atoms with E-state index in [1.807, 2.05) is 12.1 Å². The lowest BCUT2D eigenvalue weighted by Gasteiger charge is -2.26. The van der Waals surface area contributed by atoms with Gasteiger partial charge in [-0.2, -0.15) is 0 Å². The number of pyridine rings is 1. The molecule has 1 fully saturated rings. The predicted octanol–water partition coefficient (Wildman–Crippen LogP) is 1.09. The number of ether oxygens (including phenoxy) is 1. The zero-order chi connectivity index (χ0) is 11.2. The van der Waals surface area contributed by atoms with Crippen LogP contribution in [0.25, 0.3) is 0 Å². The molecule has 0 aromatic carbocycles. The van der Waals surface area contributed by atoms with E-state index >= 15 is 0 Å². The Balaban J connectivity index is 1.69. The SMILES string of the molecule is Nc1ccc(SCCN2CCOCC2)nc1. The predicted molar refractivity (Wildman–Crippen MR) is 66.6 cm³/mol. The normalized spacial score (nSPS) is 17.5. The van der Waals surface area contributed by atoms with Crippen LogP contribution in [0.4, 0.5) is 5.69 Å². The molecule has 2 N–H and O–H groups in total. The molecule has 0 unspecified atom stereocenters. The smallest absolute Gasteiger partial charge is 0.0961 e. The first-order chi connectivity index (χ1) is 7.84. The third-order valence-corrected chi connectivity index (χ3v) is 3.44. The van der Waals surface area contributed by atoms with Crippen molar-refractivity contribution in [3.05, 3.63) is 18.3 Å². The Hall–Kier alpha value is -0.780. The molecule has 0 saturated carbocycles. The largest absolute Gasteiger partial charge is 0.397 e. The minimum Gasteiger partial charge on any atom is -0.397 e. The lowest BCUT2D eigenvalue weighted by molar-refractivity contribution is 0.0410. The molecule has 0 bridgehead atoms. The van der Waals surface area contributed by atoms with Crippen LogP contribution in [0.5, 0.6) is 0 Å². The number of hydrogen-bond donors (Lipinski definition) is 1. The van der Waals surface area contributed by atoms with Crippen molar-refractivity contribution in [1.82, 2.24) is 9.88 Å². The lowest BCUT2D eigenvalue weighted by Crippen LogP contribution is -2.37. The summed E-state index contributed by atoms with van der Waals surface area (Å²) in [6.45, 7) is 4.93. The molecule has 1 saturated heterocycles. The second-order valence-electron chi connectivity index (χ2n) is 3.73. The highest BCUT2D eigenvalue weighted by molar-refractivity contribution is 7.99. The van der Waals surface area contributed by atoms with Crippen molar-refractivity contribution in [2.24, 2.45) is 0 Å². The van der Waals surface area contributed by atoms with Crippen LogP contribution in [0.1, 0.15) is 0 Å². The summed E-state index contributed by atoms with van der Waals surface area (Å²) in [5, 5.41) is 1.04. The second kappa shape index (κ2) is 6.08. The van der Waals surface area contributed by atoms with Crippen LogP contribution in [0.2, 0.25) is 0 Å². The van der Waals surface area contributed by atoms with E-state index in [1.54, 1.807) is 18.0 Å². The number of hydrogen-bond acceptors (Lipinski definition) is 5. The first-order valence-corrected chi connectivity index (χ1v) is 6.47. The summed E-state index contributed by atoms with van der Waals surface area (Å²) < 4.78 is 5.30. The fourth-order valence-corrected chi connectivity index (χ4v) is 2.43. The number of rotatable bonds is 4. The van der Waals surface area contributed by atoms with Gasteiger partial charge in [-0.05, 0) is 12.1 Å². The van der Waals surface area contributed by atoms with E-state index in [0.717, 1.165) is 49.3 Å². The van der Waals surface area contributed by atoms with E-state index < -0.39 is 0 Å². The van der Waals surface area contributed by atoms with Crippen molar-refractivity contribution in [3.63, 3.8) is 0 Å². The van der Waals surface area contributed by atoms with Crippen molar-refractivity contribution in [2.75, 3.05) is 44.3 Å². The highest BCUT2D eigenvalue weighted by Gasteiger charge is 2.09. The molecule has 0 radical (unpaired) electrons. The molecule has 2 heterocycles. The number of thioether (sulfide) groups is 1. The summed E-state index contributed by atoms with van der Waals surface area (Å²) in [5.41, 5.74) is 6.30. The number of nitrogens with zero attached hydrogens (tertiary/aromatic N) is 2. The van der Waals surface area contributed by atoms with Crippen LogP contribution in [0.15, 0.2) is 23.4 Å². The van der Waals surface area contributed by atoms with Gasteiger partial charge in [0.15, 0.2) is 0 Å². The van der Waals surface area contributed by atoms with Gasteiger partial charge in [-0.3, -0.25) is 4.90 Å². The maximum Gasteiger partial charge on any atom is 0.0961 e. The third-order valence-electron chi connectivity index (χ3n) is 2.52. The zero-order valence-corrected chi connectivity index (χ0v) is 10.1. The summed E-state index contributed by atoms with van der Waals surface area (Å²) in [5.74, 6) is 1.07. The van der Waals surface area contributed by atoms with Crippen LogP contribution in [0.3, 0.4) is 0 Å². The summed E-state index contributed by atoms with van der Waals surface area (Å²) >= 11 is 1.77. The third kappa shape index (κ3) is 3.66. The molecule has 1 aromatic rings. The van der Waals surface area contributed by atoms with E-state index in [2.05, 4.69) is 9.88 Å². The monoisotopic (exact) mass is 239 g/mol. The Morgan fingerprint density at radius 1 is 1.38 bits per heavy atom. The number of morpholine rings is 1. The van der Waals surface area contributed by atoms with Crippen LogP contribution < -0.4 is 5.73 Å². The number of anilines is 1. The van der Waals surface area contributed by atoms with E-state index in [4.69, 9.17) is 10.5 Å². The molecule has 5 heteroatoms. The van der Waals surface area contributed by atoms with Gasteiger partial charge in [0.25, 0.3) is 0 Å². The molecule has 1 aliphatic heterocycles. The van der Waals surface area contributed by atoms with Crippen molar-refractivity contribution >= 4 is 17.4 Å². The van der Waals surface area contributed by atoms with Gasteiger partial charge in [0.1, 0.15) is 0 Å². The quantitative estimate of drug-likeness (QED) is 0.797. The topological polar surface area (TPSA) is 51.4 Å². The zero-order valence-electron chi connectivity index (χ0n) is 9.26. The van der Waals surface area contributed by atoms with Gasteiger partial charge in [0.2, 0.25) is 0 Å². The Morgan fingerprint density at radius 2 is 2.19 bits per heavy atom. The Labute approximate surface area is 100 Å². The molecule has 1 aromatic heterocycles. The van der Waals surface area contributed by atoms with E-state index in [0.29, 0.717) is 0 Å². The molecule has 16 heavy (non-hydrogen) atoms. The molecular weight excluding hydrogens is 222 g/mol. The maximum atomic E-state index is 5.58. The van der Waals surface area contributed by atoms with Crippen LogP contribution in [-0.2, 0) is 4.74 Å². The van der Waals surface area contributed by atoms with Crippen molar-refractivity contribution in [3.8, 4) is 0 Å². The molecular formula is C11H17N3OS. The number of nitrogens with two attached hydrogens (primary N) is 1. The minimum absolute atomic E-state index is 0.720. The Morgan fingerprint density at radius 3 is 2.88 bits per heavy atom. The van der Waals surface area contributed by atoms with Crippen LogP contribution >= 0.6 is 11.8 Å². The fraction of sp³-hybridized carbons (Fsp3) is 0.545. The molecule has 1 aliphatic rings. The standard InChI is InChI=1S/C11H17N3OS/c12-10-1-2-11(13-9-10)16-8-5-14-3-6-15-7-4-14/h1-2,9H,3-8,12H2. The van der Waals surface area contributed by atoms with Gasteiger partial charge >= 0.3 is 0 Å². The molecule has 2 rings (SSSR count). The number of aromatic nitrogens is 1. The highest BCUT2D eigenvalue weighted by Crippen LogP contribution is 2.16. The van der Waals surface area contributed by atoms with Crippen LogP contribution in [-0.4, -0.2) is 48.5 Å². The Bertz CT molecular complexity index is 312. The average Bonchev–Trinajstić information content (AvgIpc) is 2.33. The van der Waals surface area contributed by atoms with Crippen LogP contribution in [0, 0.1) is 0 Å². The van der Waals surface area contributed by atoms with Crippen molar-refractivity contribution < 1.29 is 4.74 Å². The first kappa shape index (κ1) is 11.7. The summed E-state index contributed by atoms with van der Waals surface area (Å²) in [6, 6.07) is 3.86. The lowest BCUT2D eigenvalue weighted by atomic mass is 10.4. The summed E-state index contributed by atoms with van der Waals surface area (Å²) in [4.78, 5) is 6.68. The average molecular weight is 239 g/mol. The van der Waals surface area contributed by atoms with E-state index in [-0.39, 0.29) is 0 Å². The summed E-state index contributed by atoms with van der Waals surface area (Å²) in [7, 11) is 0. The molecule has 0 amide bonds. The minimum atomic E-state index is 0.720. The summed E-state index contributed by atoms with van der Waals surface area (Å²) in [6.07, 6.45) is 1.71. The van der Waals surface area contributed by atoms with Gasteiger partial charge < -0.3 is 10.5 Å². The first-order valence-electron chi connectivity index (χ1n) is 5.49.